The topological polar surface area (TPSA) is 102 Å². The summed E-state index contributed by atoms with van der Waals surface area (Å²) in [7, 11) is 7.52. The third-order valence-corrected chi connectivity index (χ3v) is 5.10. The van der Waals surface area contributed by atoms with Gasteiger partial charge in [0.15, 0.2) is 17.3 Å². The normalized spacial score (nSPS) is 10.7. The van der Waals surface area contributed by atoms with Gasteiger partial charge in [0.2, 0.25) is 17.3 Å². The van der Waals surface area contributed by atoms with Crippen LogP contribution in [0.1, 0.15) is 15.9 Å². The molecule has 0 saturated carbocycles. The summed E-state index contributed by atoms with van der Waals surface area (Å²) in [6.07, 6.45) is 1.43. The van der Waals surface area contributed by atoms with E-state index in [1.165, 1.54) is 34.6 Å². The van der Waals surface area contributed by atoms with Crippen LogP contribution in [0.15, 0.2) is 47.0 Å². The highest BCUT2D eigenvalue weighted by atomic mass is 16.5. The average molecular weight is 450 g/mol. The Bertz CT molecular complexity index is 1290. The lowest BCUT2D eigenvalue weighted by Gasteiger charge is -2.13. The molecule has 33 heavy (non-hydrogen) atoms. The molecule has 0 aliphatic heterocycles. The second-order valence-corrected chi connectivity index (χ2v) is 6.84. The van der Waals surface area contributed by atoms with Crippen molar-refractivity contribution in [1.82, 2.24) is 9.97 Å². The zero-order valence-electron chi connectivity index (χ0n) is 18.8. The number of hydrogen-bond acceptors (Lipinski definition) is 9. The molecule has 0 bridgehead atoms. The molecular weight excluding hydrogens is 428 g/mol. The number of carbonyl (C=O) groups is 1. The van der Waals surface area contributed by atoms with Crippen LogP contribution in [0.2, 0.25) is 0 Å². The molecule has 0 aliphatic carbocycles. The first-order valence-corrected chi connectivity index (χ1v) is 9.87. The summed E-state index contributed by atoms with van der Waals surface area (Å²) in [4.78, 5) is 22.5. The van der Waals surface area contributed by atoms with E-state index in [1.54, 1.807) is 43.5 Å². The van der Waals surface area contributed by atoms with Gasteiger partial charge in [0, 0.05) is 11.1 Å². The van der Waals surface area contributed by atoms with Gasteiger partial charge in [-0.25, -0.2) is 4.98 Å². The summed E-state index contributed by atoms with van der Waals surface area (Å²) in [5, 5.41) is 0. The standard InChI is InChI=1S/C24H22N2O7/c1-28-15-8-6-13(7-9-15)22-19(20-24(33-22)26-18(31-4)12-25-20)21(27)14-10-16(29-2)23(32-5)17(11-14)30-3/h6-12H,1-5H3. The Hall–Kier alpha value is -4.27. The number of ether oxygens (including phenoxy) is 5. The number of fused-ring (bicyclic) bond motifs is 1. The highest BCUT2D eigenvalue weighted by molar-refractivity contribution is 6.18. The molecule has 4 rings (SSSR count). The van der Waals surface area contributed by atoms with Crippen molar-refractivity contribution >= 4 is 17.0 Å². The van der Waals surface area contributed by atoms with Crippen molar-refractivity contribution in [3.8, 4) is 40.2 Å². The van der Waals surface area contributed by atoms with E-state index in [2.05, 4.69) is 9.97 Å². The number of carbonyl (C=O) groups excluding carboxylic acids is 1. The Morgan fingerprint density at radius 3 is 2.06 bits per heavy atom. The van der Waals surface area contributed by atoms with Gasteiger partial charge in [0.25, 0.3) is 0 Å². The quantitative estimate of drug-likeness (QED) is 0.366. The minimum atomic E-state index is -0.349. The molecule has 0 amide bonds. The third kappa shape index (κ3) is 3.89. The van der Waals surface area contributed by atoms with Gasteiger partial charge in [-0.3, -0.25) is 4.79 Å². The van der Waals surface area contributed by atoms with Gasteiger partial charge in [-0.15, -0.1) is 0 Å². The Labute approximate surface area is 189 Å². The molecule has 0 spiro atoms. The summed E-state index contributed by atoms with van der Waals surface area (Å²) in [5.74, 6) is 2.00. The van der Waals surface area contributed by atoms with Crippen LogP contribution in [0.5, 0.6) is 28.9 Å². The Balaban J connectivity index is 1.94. The molecule has 2 aromatic heterocycles. The van der Waals surface area contributed by atoms with Gasteiger partial charge in [-0.1, -0.05) is 0 Å². The molecule has 0 fully saturated rings. The smallest absolute Gasteiger partial charge is 0.249 e. The molecule has 9 heteroatoms. The van der Waals surface area contributed by atoms with Gasteiger partial charge in [0.05, 0.1) is 47.3 Å². The van der Waals surface area contributed by atoms with Crippen LogP contribution >= 0.6 is 0 Å². The molecule has 0 atom stereocenters. The number of aromatic nitrogens is 2. The van der Waals surface area contributed by atoms with Crippen LogP contribution in [0.25, 0.3) is 22.6 Å². The molecule has 2 aromatic carbocycles. The van der Waals surface area contributed by atoms with E-state index in [-0.39, 0.29) is 22.9 Å². The van der Waals surface area contributed by atoms with Crippen molar-refractivity contribution in [2.45, 2.75) is 0 Å². The number of furan rings is 1. The first-order chi connectivity index (χ1) is 16.0. The van der Waals surface area contributed by atoms with Crippen molar-refractivity contribution in [1.29, 1.82) is 0 Å². The van der Waals surface area contributed by atoms with Crippen molar-refractivity contribution < 1.29 is 32.9 Å². The lowest BCUT2D eigenvalue weighted by molar-refractivity contribution is 0.103. The van der Waals surface area contributed by atoms with Crippen molar-refractivity contribution in [2.24, 2.45) is 0 Å². The molecular formula is C24H22N2O7. The summed E-state index contributed by atoms with van der Waals surface area (Å²) in [6.45, 7) is 0. The van der Waals surface area contributed by atoms with Crippen molar-refractivity contribution in [3.05, 3.63) is 53.7 Å². The molecule has 0 saturated heterocycles. The van der Waals surface area contributed by atoms with E-state index >= 15 is 0 Å². The third-order valence-electron chi connectivity index (χ3n) is 5.10. The monoisotopic (exact) mass is 450 g/mol. The first-order valence-electron chi connectivity index (χ1n) is 9.87. The molecule has 0 unspecified atom stereocenters. The van der Waals surface area contributed by atoms with Gasteiger partial charge in [-0.2, -0.15) is 4.98 Å². The Morgan fingerprint density at radius 1 is 0.848 bits per heavy atom. The number of methoxy groups -OCH3 is 5. The summed E-state index contributed by atoms with van der Waals surface area (Å²) >= 11 is 0. The van der Waals surface area contributed by atoms with Gasteiger partial charge in [0.1, 0.15) is 17.0 Å². The maximum absolute atomic E-state index is 13.8. The van der Waals surface area contributed by atoms with Crippen LogP contribution in [-0.4, -0.2) is 51.3 Å². The summed E-state index contributed by atoms with van der Waals surface area (Å²) < 4.78 is 32.6. The number of nitrogens with zero attached hydrogens (tertiary/aromatic N) is 2. The van der Waals surface area contributed by atoms with E-state index in [4.69, 9.17) is 28.1 Å². The highest BCUT2D eigenvalue weighted by Crippen LogP contribution is 2.40. The SMILES string of the molecule is COc1ccc(-c2oc3nc(OC)cnc3c2C(=O)c2cc(OC)c(OC)c(OC)c2)cc1. The van der Waals surface area contributed by atoms with Crippen LogP contribution in [-0.2, 0) is 0 Å². The number of benzene rings is 2. The number of hydrogen-bond donors (Lipinski definition) is 0. The molecule has 4 aromatic rings. The average Bonchev–Trinajstić information content (AvgIpc) is 3.25. The van der Waals surface area contributed by atoms with Gasteiger partial charge >= 0.3 is 0 Å². The van der Waals surface area contributed by atoms with E-state index < -0.39 is 0 Å². The minimum absolute atomic E-state index is 0.177. The Kier molecular flexibility index (Phi) is 6.03. The van der Waals surface area contributed by atoms with E-state index in [1.807, 2.05) is 0 Å². The fourth-order valence-electron chi connectivity index (χ4n) is 3.47. The largest absolute Gasteiger partial charge is 0.497 e. The fourth-order valence-corrected chi connectivity index (χ4v) is 3.47. The fraction of sp³-hybridized carbons (Fsp3) is 0.208. The molecule has 0 N–H and O–H groups in total. The van der Waals surface area contributed by atoms with Crippen molar-refractivity contribution in [2.75, 3.05) is 35.5 Å². The lowest BCUT2D eigenvalue weighted by atomic mass is 9.99. The van der Waals surface area contributed by atoms with E-state index in [0.717, 1.165) is 0 Å². The number of ketones is 1. The number of rotatable bonds is 8. The highest BCUT2D eigenvalue weighted by Gasteiger charge is 2.27. The predicted octanol–water partition coefficient (Wildman–Crippen LogP) is 4.16. The van der Waals surface area contributed by atoms with Crippen molar-refractivity contribution in [3.63, 3.8) is 0 Å². The van der Waals surface area contributed by atoms with Gasteiger partial charge in [-0.05, 0) is 36.4 Å². The van der Waals surface area contributed by atoms with Crippen LogP contribution < -0.4 is 23.7 Å². The molecule has 0 radical (unpaired) electrons. The molecule has 2 heterocycles. The van der Waals surface area contributed by atoms with Crippen LogP contribution in [0, 0.1) is 0 Å². The maximum atomic E-state index is 13.8. The van der Waals surface area contributed by atoms with Crippen LogP contribution in [0.4, 0.5) is 0 Å². The molecule has 9 nitrogen and oxygen atoms in total. The maximum Gasteiger partial charge on any atom is 0.249 e. The first kappa shape index (κ1) is 21.9. The van der Waals surface area contributed by atoms with Gasteiger partial charge < -0.3 is 28.1 Å². The predicted molar refractivity (Wildman–Crippen MR) is 120 cm³/mol. The van der Waals surface area contributed by atoms with Crippen LogP contribution in [0.3, 0.4) is 0 Å². The minimum Gasteiger partial charge on any atom is -0.497 e. The van der Waals surface area contributed by atoms with E-state index in [0.29, 0.717) is 45.4 Å². The summed E-state index contributed by atoms with van der Waals surface area (Å²) in [6, 6.07) is 10.3. The molecule has 0 aliphatic rings. The van der Waals surface area contributed by atoms with E-state index in [9.17, 15) is 4.79 Å². The second kappa shape index (κ2) is 9.07. The summed E-state index contributed by atoms with van der Waals surface area (Å²) in [5.41, 5.74) is 1.70. The molecule has 170 valence electrons. The zero-order chi connectivity index (χ0) is 23.5. The second-order valence-electron chi connectivity index (χ2n) is 6.84. The zero-order valence-corrected chi connectivity index (χ0v) is 18.8. The Morgan fingerprint density at radius 2 is 1.52 bits per heavy atom. The lowest BCUT2D eigenvalue weighted by Crippen LogP contribution is -2.05.